The van der Waals surface area contributed by atoms with Crippen LogP contribution in [0.5, 0.6) is 0 Å². The van der Waals surface area contributed by atoms with Crippen molar-refractivity contribution < 1.29 is 0 Å². The smallest absolute Gasteiger partial charge is 0.0463 e. The fourth-order valence-electron chi connectivity index (χ4n) is 1.48. The van der Waals surface area contributed by atoms with Gasteiger partial charge in [-0.05, 0) is 25.3 Å². The van der Waals surface area contributed by atoms with E-state index in [9.17, 15) is 0 Å². The number of nitrogens with one attached hydrogen (secondary N) is 1. The molecule has 1 atom stereocenters. The molecule has 0 spiro atoms. The van der Waals surface area contributed by atoms with E-state index in [2.05, 4.69) is 44.3 Å². The number of hydrogen-bond donors (Lipinski definition) is 1. The molecule has 1 aliphatic heterocycles. The van der Waals surface area contributed by atoms with Gasteiger partial charge in [-0.3, -0.25) is 0 Å². The van der Waals surface area contributed by atoms with Gasteiger partial charge in [0.25, 0.3) is 0 Å². The van der Waals surface area contributed by atoms with Gasteiger partial charge in [-0.25, -0.2) is 5.43 Å². The quantitative estimate of drug-likeness (QED) is 0.652. The molecule has 0 saturated heterocycles. The Bertz CT molecular complexity index is 161. The van der Waals surface area contributed by atoms with Crippen molar-refractivity contribution in [3.05, 3.63) is 11.8 Å². The Labute approximate surface area is 69.2 Å². The maximum Gasteiger partial charge on any atom is 0.0463 e. The zero-order valence-corrected chi connectivity index (χ0v) is 7.89. The number of hydrogen-bond acceptors (Lipinski definition) is 2. The molecule has 1 unspecified atom stereocenters. The first-order chi connectivity index (χ1) is 5.15. The van der Waals surface area contributed by atoms with Crippen LogP contribution in [0.15, 0.2) is 11.8 Å². The fraction of sp³-hybridized carbons (Fsp3) is 0.778. The number of nitrogens with zero attached hydrogens (tertiary/aromatic N) is 1. The number of hydrazine groups is 1. The van der Waals surface area contributed by atoms with E-state index >= 15 is 0 Å². The predicted molar refractivity (Wildman–Crippen MR) is 47.9 cm³/mol. The van der Waals surface area contributed by atoms with Crippen LogP contribution >= 0.6 is 0 Å². The summed E-state index contributed by atoms with van der Waals surface area (Å²) in [5.74, 6) is 0.661. The molecule has 0 radical (unpaired) electrons. The average Bonchev–Trinajstić information content (AvgIpc) is 2.30. The lowest BCUT2D eigenvalue weighted by atomic mass is 9.99. The number of rotatable bonds is 2. The minimum atomic E-state index is 0.523. The third kappa shape index (κ3) is 1.74. The summed E-state index contributed by atoms with van der Waals surface area (Å²) in [4.78, 5) is 0. The Morgan fingerprint density at radius 2 is 2.27 bits per heavy atom. The van der Waals surface area contributed by atoms with Crippen LogP contribution in [0.2, 0.25) is 0 Å². The first-order valence-corrected chi connectivity index (χ1v) is 4.39. The van der Waals surface area contributed by atoms with Crippen molar-refractivity contribution >= 4 is 0 Å². The molecule has 11 heavy (non-hydrogen) atoms. The van der Waals surface area contributed by atoms with Crippen molar-refractivity contribution in [2.24, 2.45) is 5.92 Å². The molecule has 64 valence electrons. The second-order valence-electron chi connectivity index (χ2n) is 3.42. The highest BCUT2D eigenvalue weighted by Crippen LogP contribution is 2.19. The van der Waals surface area contributed by atoms with E-state index in [-0.39, 0.29) is 0 Å². The molecule has 0 aromatic carbocycles. The van der Waals surface area contributed by atoms with Crippen molar-refractivity contribution in [3.63, 3.8) is 0 Å². The minimum Gasteiger partial charge on any atom is -0.315 e. The lowest BCUT2D eigenvalue weighted by Crippen LogP contribution is -2.34. The molecule has 0 saturated carbocycles. The third-order valence-electron chi connectivity index (χ3n) is 2.17. The van der Waals surface area contributed by atoms with Gasteiger partial charge >= 0.3 is 0 Å². The molecule has 0 fully saturated rings. The topological polar surface area (TPSA) is 15.3 Å². The van der Waals surface area contributed by atoms with Crippen LogP contribution in [0, 0.1) is 5.92 Å². The lowest BCUT2D eigenvalue weighted by Gasteiger charge is -2.15. The second kappa shape index (κ2) is 3.26. The Hall–Kier alpha value is -0.500. The molecule has 0 aromatic heterocycles. The summed E-state index contributed by atoms with van der Waals surface area (Å²) in [5, 5.41) is 2.15. The lowest BCUT2D eigenvalue weighted by molar-refractivity contribution is 0.293. The van der Waals surface area contributed by atoms with Gasteiger partial charge in [0.2, 0.25) is 0 Å². The molecular formula is C9H18N2. The summed E-state index contributed by atoms with van der Waals surface area (Å²) in [7, 11) is 0. The van der Waals surface area contributed by atoms with Gasteiger partial charge in [0.1, 0.15) is 0 Å². The largest absolute Gasteiger partial charge is 0.315 e. The third-order valence-corrected chi connectivity index (χ3v) is 2.17. The summed E-state index contributed by atoms with van der Waals surface area (Å²) in [6.45, 7) is 9.88. The Morgan fingerprint density at radius 3 is 2.55 bits per heavy atom. The second-order valence-corrected chi connectivity index (χ2v) is 3.42. The zero-order valence-electron chi connectivity index (χ0n) is 7.89. The molecule has 1 N–H and O–H groups in total. The summed E-state index contributed by atoms with van der Waals surface area (Å²) < 4.78 is 0. The maximum absolute atomic E-state index is 3.38. The summed E-state index contributed by atoms with van der Waals surface area (Å²) in [6, 6.07) is 0.523. The van der Waals surface area contributed by atoms with Crippen LogP contribution in [0.1, 0.15) is 27.7 Å². The monoisotopic (exact) mass is 154 g/mol. The Morgan fingerprint density at radius 1 is 1.64 bits per heavy atom. The SMILES string of the molecule is CCN1C=C(C(C)C)C(C)N1. The van der Waals surface area contributed by atoms with E-state index < -0.39 is 0 Å². The van der Waals surface area contributed by atoms with Crippen molar-refractivity contribution in [2.45, 2.75) is 33.7 Å². The predicted octanol–water partition coefficient (Wildman–Crippen LogP) is 1.75. The molecule has 2 heteroatoms. The van der Waals surface area contributed by atoms with E-state index in [4.69, 9.17) is 0 Å². The maximum atomic E-state index is 3.38. The fourth-order valence-corrected chi connectivity index (χ4v) is 1.48. The van der Waals surface area contributed by atoms with Crippen molar-refractivity contribution in [2.75, 3.05) is 6.54 Å². The molecule has 1 heterocycles. The highest BCUT2D eigenvalue weighted by atomic mass is 15.5. The highest BCUT2D eigenvalue weighted by molar-refractivity contribution is 5.15. The molecule has 1 rings (SSSR count). The highest BCUT2D eigenvalue weighted by Gasteiger charge is 2.20. The first kappa shape index (κ1) is 8.60. The van der Waals surface area contributed by atoms with Crippen molar-refractivity contribution in [1.82, 2.24) is 10.4 Å². The molecule has 2 nitrogen and oxygen atoms in total. The van der Waals surface area contributed by atoms with Crippen LogP contribution in [0.4, 0.5) is 0 Å². The van der Waals surface area contributed by atoms with Crippen LogP contribution in [-0.2, 0) is 0 Å². The molecule has 0 amide bonds. The standard InChI is InChI=1S/C9H18N2/c1-5-11-6-9(7(2)3)8(4)10-11/h6-8,10H,5H2,1-4H3. The van der Waals surface area contributed by atoms with Gasteiger partial charge in [0.15, 0.2) is 0 Å². The molecule has 1 aliphatic rings. The van der Waals surface area contributed by atoms with Gasteiger partial charge in [-0.2, -0.15) is 0 Å². The van der Waals surface area contributed by atoms with E-state index in [1.807, 2.05) is 0 Å². The average molecular weight is 154 g/mol. The molecular weight excluding hydrogens is 136 g/mol. The van der Waals surface area contributed by atoms with E-state index in [1.54, 1.807) is 0 Å². The summed E-state index contributed by atoms with van der Waals surface area (Å²) in [5.41, 5.74) is 4.88. The molecule has 0 aliphatic carbocycles. The Balaban J connectivity index is 2.63. The van der Waals surface area contributed by atoms with Crippen LogP contribution in [0.25, 0.3) is 0 Å². The van der Waals surface area contributed by atoms with Crippen LogP contribution in [-0.4, -0.2) is 17.6 Å². The molecule has 0 bridgehead atoms. The van der Waals surface area contributed by atoms with Gasteiger partial charge in [0.05, 0.1) is 0 Å². The molecule has 0 aromatic rings. The first-order valence-electron chi connectivity index (χ1n) is 4.39. The zero-order chi connectivity index (χ0) is 8.43. The van der Waals surface area contributed by atoms with E-state index in [0.29, 0.717) is 12.0 Å². The van der Waals surface area contributed by atoms with Gasteiger partial charge in [0, 0.05) is 18.8 Å². The van der Waals surface area contributed by atoms with Crippen molar-refractivity contribution in [1.29, 1.82) is 0 Å². The summed E-state index contributed by atoms with van der Waals surface area (Å²) in [6.07, 6.45) is 2.23. The normalized spacial score (nSPS) is 24.6. The minimum absolute atomic E-state index is 0.523. The van der Waals surface area contributed by atoms with Gasteiger partial charge in [-0.15, -0.1) is 0 Å². The summed E-state index contributed by atoms with van der Waals surface area (Å²) >= 11 is 0. The van der Waals surface area contributed by atoms with Crippen LogP contribution < -0.4 is 5.43 Å². The van der Waals surface area contributed by atoms with E-state index in [0.717, 1.165) is 6.54 Å². The van der Waals surface area contributed by atoms with E-state index in [1.165, 1.54) is 5.57 Å². The van der Waals surface area contributed by atoms with Crippen molar-refractivity contribution in [3.8, 4) is 0 Å². The van der Waals surface area contributed by atoms with Gasteiger partial charge in [-0.1, -0.05) is 13.8 Å². The van der Waals surface area contributed by atoms with Crippen LogP contribution in [0.3, 0.4) is 0 Å². The van der Waals surface area contributed by atoms with Gasteiger partial charge < -0.3 is 5.01 Å². The Kier molecular flexibility index (Phi) is 2.55.